The summed E-state index contributed by atoms with van der Waals surface area (Å²) in [6.07, 6.45) is 12.6. The Hall–Kier alpha value is -3.68. The second-order valence-corrected chi connectivity index (χ2v) is 16.4. The van der Waals surface area contributed by atoms with E-state index in [4.69, 9.17) is 21.3 Å². The average molecular weight is 691 g/mol. The van der Waals surface area contributed by atoms with Crippen molar-refractivity contribution in [2.45, 2.75) is 87.5 Å². The van der Waals surface area contributed by atoms with E-state index in [9.17, 15) is 9.59 Å². The van der Waals surface area contributed by atoms with Crippen molar-refractivity contribution in [2.75, 3.05) is 45.2 Å². The molecule has 2 unspecified atom stereocenters. The first kappa shape index (κ1) is 32.2. The number of likely N-dealkylation sites (tertiary alicyclic amines) is 1. The zero-order chi connectivity index (χ0) is 34.2. The lowest BCUT2D eigenvalue weighted by molar-refractivity contribution is 0.0816. The van der Waals surface area contributed by atoms with Gasteiger partial charge in [-0.15, -0.1) is 0 Å². The van der Waals surface area contributed by atoms with Crippen molar-refractivity contribution in [1.29, 1.82) is 0 Å². The highest BCUT2D eigenvalue weighted by Crippen LogP contribution is 2.55. The number of aldehydes is 1. The van der Waals surface area contributed by atoms with Crippen LogP contribution in [0.2, 0.25) is 5.02 Å². The minimum Gasteiger partial charge on any atom is -0.492 e. The Balaban J connectivity index is 0.917. The summed E-state index contributed by atoms with van der Waals surface area (Å²) in [6.45, 7) is 4.76. The molecule has 8 heteroatoms. The van der Waals surface area contributed by atoms with Crippen LogP contribution in [0.15, 0.2) is 53.5 Å². The molecule has 3 aromatic rings. The van der Waals surface area contributed by atoms with Crippen LogP contribution in [0.3, 0.4) is 0 Å². The molecule has 4 heterocycles. The third-order valence-electron chi connectivity index (χ3n) is 13.4. The van der Waals surface area contributed by atoms with Gasteiger partial charge in [0.15, 0.2) is 6.29 Å². The van der Waals surface area contributed by atoms with Gasteiger partial charge in [0.25, 0.3) is 5.91 Å². The van der Waals surface area contributed by atoms with Crippen molar-refractivity contribution >= 4 is 41.0 Å². The van der Waals surface area contributed by atoms with Crippen LogP contribution in [0, 0.1) is 5.92 Å². The van der Waals surface area contributed by atoms with Crippen LogP contribution >= 0.6 is 11.6 Å². The molecule has 0 radical (unpaired) electrons. The maximum absolute atomic E-state index is 12.6. The largest absolute Gasteiger partial charge is 0.492 e. The molecule has 7 nitrogen and oxygen atoms in total. The molecule has 2 spiro atoms. The number of carbonyl (C=O) groups is 2. The monoisotopic (exact) mass is 690 g/mol. The molecule has 9 rings (SSSR count). The third kappa shape index (κ3) is 4.82. The molecule has 0 N–H and O–H groups in total. The summed E-state index contributed by atoms with van der Waals surface area (Å²) in [5.41, 5.74) is 8.55. The number of ether oxygens (including phenoxy) is 1. The summed E-state index contributed by atoms with van der Waals surface area (Å²) in [4.78, 5) is 36.6. The number of piperidine rings is 1. The molecule has 3 fully saturated rings. The number of benzene rings is 3. The van der Waals surface area contributed by atoms with Crippen LogP contribution in [0.1, 0.15) is 113 Å². The van der Waals surface area contributed by atoms with Crippen LogP contribution in [0.5, 0.6) is 5.75 Å². The number of halogens is 1. The zero-order valence-electron chi connectivity index (χ0n) is 29.3. The van der Waals surface area contributed by atoms with Gasteiger partial charge in [0, 0.05) is 42.7 Å². The highest BCUT2D eigenvalue weighted by molar-refractivity contribution is 6.34. The second-order valence-electron chi connectivity index (χ2n) is 16.0. The normalized spacial score (nSPS) is 25.7. The first-order valence-corrected chi connectivity index (χ1v) is 19.2. The standard InChI is InChI=1S/C42H47ClN4O3/c1-44-40-42(15-4-3-5-16-42)34-22-29(11-14-37(34)47(40)36-8-6-7-35(43)32(36)25-48)28-10-9-27(21-28)23-46-19-17-41(18-20-46)26-50-38-31-24-45(2)39(49)30(31)12-13-33(38)41/h6-8,11-14,22,25,27-28H,3-5,9-10,15-21,23-24,26H2,1-2H3. The number of amidine groups is 1. The molecule has 1 saturated heterocycles. The number of fused-ring (bicyclic) bond motifs is 6. The minimum absolute atomic E-state index is 0.0782. The van der Waals surface area contributed by atoms with Gasteiger partial charge in [-0.3, -0.25) is 19.5 Å². The third-order valence-corrected chi connectivity index (χ3v) is 13.7. The number of aliphatic imine (C=N–C) groups is 1. The van der Waals surface area contributed by atoms with Crippen molar-refractivity contribution in [2.24, 2.45) is 10.9 Å². The molecule has 3 aromatic carbocycles. The van der Waals surface area contributed by atoms with E-state index in [1.165, 1.54) is 61.8 Å². The van der Waals surface area contributed by atoms with Gasteiger partial charge in [0.05, 0.1) is 40.5 Å². The number of nitrogens with zero attached hydrogens (tertiary/aromatic N) is 4. The predicted octanol–water partition coefficient (Wildman–Crippen LogP) is 8.43. The number of rotatable bonds is 5. The van der Waals surface area contributed by atoms with Crippen LogP contribution in [0.4, 0.5) is 11.4 Å². The fourth-order valence-corrected chi connectivity index (χ4v) is 10.9. The number of hydrogen-bond donors (Lipinski definition) is 0. The van der Waals surface area contributed by atoms with Crippen molar-refractivity contribution in [3.8, 4) is 5.75 Å². The van der Waals surface area contributed by atoms with Gasteiger partial charge in [-0.2, -0.15) is 0 Å². The first-order chi connectivity index (χ1) is 24.4. The van der Waals surface area contributed by atoms with Gasteiger partial charge >= 0.3 is 0 Å². The van der Waals surface area contributed by atoms with Crippen LogP contribution in [-0.4, -0.2) is 68.2 Å². The fraction of sp³-hybridized carbons (Fsp3) is 0.500. The predicted molar refractivity (Wildman–Crippen MR) is 199 cm³/mol. The Morgan fingerprint density at radius 2 is 1.80 bits per heavy atom. The molecule has 50 heavy (non-hydrogen) atoms. The lowest BCUT2D eigenvalue weighted by Crippen LogP contribution is -2.44. The van der Waals surface area contributed by atoms with E-state index in [2.05, 4.69) is 34.1 Å². The summed E-state index contributed by atoms with van der Waals surface area (Å²) >= 11 is 6.56. The summed E-state index contributed by atoms with van der Waals surface area (Å²) in [5.74, 6) is 3.43. The zero-order valence-corrected chi connectivity index (χ0v) is 30.1. The van der Waals surface area contributed by atoms with E-state index in [1.54, 1.807) is 11.0 Å². The van der Waals surface area contributed by atoms with Crippen LogP contribution in [-0.2, 0) is 17.4 Å². The Morgan fingerprint density at radius 3 is 2.58 bits per heavy atom. The number of amides is 1. The van der Waals surface area contributed by atoms with E-state index in [0.717, 1.165) is 85.8 Å². The maximum Gasteiger partial charge on any atom is 0.254 e. The van der Waals surface area contributed by atoms with Gasteiger partial charge in [-0.1, -0.05) is 55.1 Å². The molecular formula is C42H47ClN4O3. The summed E-state index contributed by atoms with van der Waals surface area (Å²) in [6, 6.07) is 17.1. The topological polar surface area (TPSA) is 65.5 Å². The molecule has 0 aromatic heterocycles. The Labute approximate surface area is 300 Å². The molecule has 260 valence electrons. The summed E-state index contributed by atoms with van der Waals surface area (Å²) in [5, 5.41) is 0.479. The second kappa shape index (κ2) is 12.2. The van der Waals surface area contributed by atoms with Crippen molar-refractivity contribution in [1.82, 2.24) is 9.80 Å². The highest BCUT2D eigenvalue weighted by Gasteiger charge is 2.50. The van der Waals surface area contributed by atoms with E-state index in [0.29, 0.717) is 29.0 Å². The molecule has 2 saturated carbocycles. The van der Waals surface area contributed by atoms with Gasteiger partial charge in [0.2, 0.25) is 0 Å². The quantitative estimate of drug-likeness (QED) is 0.252. The maximum atomic E-state index is 12.6. The average Bonchev–Trinajstić information content (AvgIpc) is 3.89. The van der Waals surface area contributed by atoms with Crippen molar-refractivity contribution in [3.05, 3.63) is 86.9 Å². The Kier molecular flexibility index (Phi) is 7.89. The van der Waals surface area contributed by atoms with Gasteiger partial charge in [0.1, 0.15) is 11.6 Å². The summed E-state index contributed by atoms with van der Waals surface area (Å²) in [7, 11) is 3.79. The van der Waals surface area contributed by atoms with Crippen molar-refractivity contribution in [3.63, 3.8) is 0 Å². The lowest BCUT2D eigenvalue weighted by Gasteiger charge is -2.39. The molecule has 2 atom stereocenters. The summed E-state index contributed by atoms with van der Waals surface area (Å²) < 4.78 is 6.37. The number of anilines is 2. The minimum atomic E-state index is -0.128. The molecule has 1 amide bonds. The lowest BCUT2D eigenvalue weighted by atomic mass is 9.69. The SMILES string of the molecule is CN=C1N(c2cccc(Cl)c2C=O)c2ccc(C3CCC(CN4CCC5(CC4)COc4c5ccc5c4CN(C)C5=O)C3)cc2C12CCCCC2. The van der Waals surface area contributed by atoms with E-state index in [-0.39, 0.29) is 16.7 Å². The van der Waals surface area contributed by atoms with Gasteiger partial charge in [-0.05, 0) is 105 Å². The highest BCUT2D eigenvalue weighted by atomic mass is 35.5. The van der Waals surface area contributed by atoms with Crippen LogP contribution < -0.4 is 9.64 Å². The fourth-order valence-electron chi connectivity index (χ4n) is 10.7. The molecule has 0 bridgehead atoms. The van der Waals surface area contributed by atoms with Crippen molar-refractivity contribution < 1.29 is 14.3 Å². The van der Waals surface area contributed by atoms with E-state index < -0.39 is 0 Å². The Morgan fingerprint density at radius 1 is 0.980 bits per heavy atom. The number of carbonyl (C=O) groups excluding carboxylic acids is 2. The first-order valence-electron chi connectivity index (χ1n) is 18.8. The molecule has 2 aliphatic carbocycles. The molecule has 4 aliphatic heterocycles. The van der Waals surface area contributed by atoms with Gasteiger partial charge in [-0.25, -0.2) is 0 Å². The molecule has 6 aliphatic rings. The van der Waals surface area contributed by atoms with Crippen LogP contribution in [0.25, 0.3) is 0 Å². The Bertz CT molecular complexity index is 1910. The molecular weight excluding hydrogens is 644 g/mol. The smallest absolute Gasteiger partial charge is 0.254 e. The van der Waals surface area contributed by atoms with E-state index >= 15 is 0 Å². The van der Waals surface area contributed by atoms with E-state index in [1.807, 2.05) is 32.3 Å². The number of hydrogen-bond acceptors (Lipinski definition) is 5. The van der Waals surface area contributed by atoms with Gasteiger partial charge < -0.3 is 14.5 Å².